The molecule has 7 heteroatoms. The Hall–Kier alpha value is -1.86. The minimum atomic E-state index is -0.296. The van der Waals surface area contributed by atoms with E-state index in [4.69, 9.17) is 0 Å². The van der Waals surface area contributed by atoms with Crippen LogP contribution in [0.3, 0.4) is 0 Å². The monoisotopic (exact) mass is 320 g/mol. The molecule has 1 aliphatic heterocycles. The number of anilines is 1. The maximum atomic E-state index is 12.4. The number of hydrogen-bond donors (Lipinski definition) is 1. The van der Waals surface area contributed by atoms with Gasteiger partial charge in [0.1, 0.15) is 5.82 Å². The van der Waals surface area contributed by atoms with Crippen LogP contribution >= 0.6 is 11.3 Å². The summed E-state index contributed by atoms with van der Waals surface area (Å²) in [7, 11) is 3.22. The van der Waals surface area contributed by atoms with Crippen molar-refractivity contribution in [3.05, 3.63) is 48.8 Å². The molecule has 22 heavy (non-hydrogen) atoms. The van der Waals surface area contributed by atoms with Crippen molar-refractivity contribution >= 4 is 17.2 Å². The fraction of sp³-hybridized carbons (Fsp3) is 0.467. The van der Waals surface area contributed by atoms with Crippen molar-refractivity contribution in [2.24, 2.45) is 14.1 Å². The fourth-order valence-electron chi connectivity index (χ4n) is 3.06. The number of nitrogens with one attached hydrogen (secondary N) is 1. The molecule has 6 nitrogen and oxygen atoms in total. The first-order valence-corrected chi connectivity index (χ1v) is 8.22. The predicted molar refractivity (Wildman–Crippen MR) is 88.3 cm³/mol. The molecule has 0 saturated heterocycles. The van der Waals surface area contributed by atoms with Gasteiger partial charge in [-0.15, -0.1) is 11.3 Å². The molecule has 0 amide bonds. The van der Waals surface area contributed by atoms with Crippen molar-refractivity contribution in [2.45, 2.75) is 25.9 Å². The number of fused-ring (bicyclic) bond motifs is 1. The summed E-state index contributed by atoms with van der Waals surface area (Å²) in [6.07, 6.45) is 0.976. The lowest BCUT2D eigenvalue weighted by atomic mass is 10.1. The Kier molecular flexibility index (Phi) is 3.92. The molecule has 0 bridgehead atoms. The summed E-state index contributed by atoms with van der Waals surface area (Å²) < 4.78 is 2.69. The average molecular weight is 320 g/mol. The van der Waals surface area contributed by atoms with Gasteiger partial charge in [0.25, 0.3) is 5.56 Å². The maximum Gasteiger partial charge on any atom is 0.332 e. The lowest BCUT2D eigenvalue weighted by Crippen LogP contribution is -2.46. The van der Waals surface area contributed by atoms with Crippen LogP contribution in [-0.2, 0) is 20.6 Å². The van der Waals surface area contributed by atoms with Crippen molar-refractivity contribution in [3.8, 4) is 0 Å². The van der Waals surface area contributed by atoms with Crippen molar-refractivity contribution < 1.29 is 0 Å². The van der Waals surface area contributed by atoms with Crippen LogP contribution in [0, 0.1) is 0 Å². The van der Waals surface area contributed by atoms with E-state index in [0.29, 0.717) is 24.6 Å². The van der Waals surface area contributed by atoms with Crippen LogP contribution in [0.1, 0.15) is 29.8 Å². The lowest BCUT2D eigenvalue weighted by Gasteiger charge is -2.35. The van der Waals surface area contributed by atoms with Gasteiger partial charge in [-0.3, -0.25) is 18.8 Å². The van der Waals surface area contributed by atoms with Crippen LogP contribution in [0.5, 0.6) is 0 Å². The molecule has 0 unspecified atom stereocenters. The lowest BCUT2D eigenvalue weighted by molar-refractivity contribution is 0.190. The Labute approximate surface area is 132 Å². The summed E-state index contributed by atoms with van der Waals surface area (Å²) in [5.41, 5.74) is 0.150. The number of nitrogens with zero attached hydrogens (tertiary/aromatic N) is 3. The zero-order valence-corrected chi connectivity index (χ0v) is 13.8. The number of rotatable bonds is 3. The second-order valence-corrected chi connectivity index (χ2v) is 6.53. The highest BCUT2D eigenvalue weighted by Crippen LogP contribution is 2.31. The van der Waals surface area contributed by atoms with Crippen LogP contribution in [-0.4, -0.2) is 20.7 Å². The van der Waals surface area contributed by atoms with E-state index < -0.39 is 0 Å². The summed E-state index contributed by atoms with van der Waals surface area (Å²) in [4.78, 5) is 28.0. The molecule has 0 spiro atoms. The number of hydrogen-bond acceptors (Lipinski definition) is 5. The van der Waals surface area contributed by atoms with Gasteiger partial charge >= 0.3 is 5.69 Å². The minimum absolute atomic E-state index is 0.212. The van der Waals surface area contributed by atoms with Crippen molar-refractivity contribution in [2.75, 3.05) is 12.0 Å². The molecular formula is C15H20N4O2S. The zero-order valence-electron chi connectivity index (χ0n) is 13.0. The van der Waals surface area contributed by atoms with Gasteiger partial charge < -0.3 is 5.32 Å². The summed E-state index contributed by atoms with van der Waals surface area (Å²) in [5, 5.41) is 5.32. The van der Waals surface area contributed by atoms with Crippen LogP contribution in [0.4, 0.5) is 5.82 Å². The van der Waals surface area contributed by atoms with Gasteiger partial charge in [0.15, 0.2) is 0 Å². The first-order chi connectivity index (χ1) is 10.5. The van der Waals surface area contributed by atoms with E-state index in [2.05, 4.69) is 34.7 Å². The second-order valence-electron chi connectivity index (χ2n) is 5.55. The molecule has 2 aromatic rings. The van der Waals surface area contributed by atoms with Crippen molar-refractivity contribution in [1.29, 1.82) is 0 Å². The van der Waals surface area contributed by atoms with E-state index in [1.165, 1.54) is 21.1 Å². The van der Waals surface area contributed by atoms with E-state index in [1.54, 1.807) is 18.4 Å². The molecule has 1 N–H and O–H groups in total. The van der Waals surface area contributed by atoms with E-state index in [0.717, 1.165) is 6.42 Å². The van der Waals surface area contributed by atoms with Crippen LogP contribution < -0.4 is 16.6 Å². The molecule has 0 saturated carbocycles. The van der Waals surface area contributed by atoms with E-state index in [9.17, 15) is 9.59 Å². The van der Waals surface area contributed by atoms with Crippen LogP contribution in [0.15, 0.2) is 27.1 Å². The van der Waals surface area contributed by atoms with Gasteiger partial charge in [0.2, 0.25) is 0 Å². The predicted octanol–water partition coefficient (Wildman–Crippen LogP) is 1.48. The third-order valence-electron chi connectivity index (χ3n) is 4.27. The molecule has 0 aliphatic carbocycles. The minimum Gasteiger partial charge on any atom is -0.358 e. The van der Waals surface area contributed by atoms with Gasteiger partial charge in [0, 0.05) is 31.6 Å². The number of aromatic nitrogens is 2. The zero-order chi connectivity index (χ0) is 15.9. The molecule has 0 aromatic carbocycles. The van der Waals surface area contributed by atoms with Gasteiger partial charge in [0.05, 0.1) is 12.2 Å². The Bertz CT molecular complexity index is 791. The van der Waals surface area contributed by atoms with E-state index in [-0.39, 0.29) is 17.3 Å². The largest absolute Gasteiger partial charge is 0.358 e. The molecular weight excluding hydrogens is 300 g/mol. The highest BCUT2D eigenvalue weighted by molar-refractivity contribution is 7.10. The van der Waals surface area contributed by atoms with Gasteiger partial charge in [-0.1, -0.05) is 13.0 Å². The average Bonchev–Trinajstić information content (AvgIpc) is 3.05. The van der Waals surface area contributed by atoms with Crippen LogP contribution in [0.2, 0.25) is 0 Å². The number of thiophene rings is 1. The molecule has 1 atom stereocenters. The topological polar surface area (TPSA) is 59.3 Å². The SMILES string of the molecule is CC[C@@H](c1cccs1)N1CNc2c(c(=O)n(C)c(=O)n2C)C1. The summed E-state index contributed by atoms with van der Waals surface area (Å²) in [5.74, 6) is 0.644. The van der Waals surface area contributed by atoms with Gasteiger partial charge in [-0.05, 0) is 17.9 Å². The smallest absolute Gasteiger partial charge is 0.332 e. The third kappa shape index (κ3) is 2.30. The Balaban J connectivity index is 2.01. The van der Waals surface area contributed by atoms with Crippen molar-refractivity contribution in [3.63, 3.8) is 0 Å². The molecule has 3 rings (SSSR count). The summed E-state index contributed by atoms with van der Waals surface area (Å²) in [6, 6.07) is 4.46. The van der Waals surface area contributed by atoms with Gasteiger partial charge in [-0.25, -0.2) is 4.79 Å². The van der Waals surface area contributed by atoms with E-state index >= 15 is 0 Å². The first-order valence-electron chi connectivity index (χ1n) is 7.34. The standard InChI is InChI=1S/C15H20N4O2S/c1-4-11(12-6-5-7-22-12)19-8-10-13(16-9-19)17(2)15(21)18(3)14(10)20/h5-7,11,16H,4,8-9H2,1-3H3/t11-/m0/s1. The molecule has 3 heterocycles. The second kappa shape index (κ2) is 5.73. The molecule has 1 aliphatic rings. The molecule has 118 valence electrons. The summed E-state index contributed by atoms with van der Waals surface area (Å²) in [6.45, 7) is 3.34. The fourth-order valence-corrected chi connectivity index (χ4v) is 4.00. The summed E-state index contributed by atoms with van der Waals surface area (Å²) >= 11 is 1.74. The highest BCUT2D eigenvalue weighted by Gasteiger charge is 2.28. The normalized spacial score (nSPS) is 16.1. The van der Waals surface area contributed by atoms with E-state index in [1.807, 2.05) is 0 Å². The van der Waals surface area contributed by atoms with Crippen LogP contribution in [0.25, 0.3) is 0 Å². The molecule has 0 radical (unpaired) electrons. The maximum absolute atomic E-state index is 12.4. The quantitative estimate of drug-likeness (QED) is 0.931. The van der Waals surface area contributed by atoms with Gasteiger partial charge in [-0.2, -0.15) is 0 Å². The molecule has 2 aromatic heterocycles. The van der Waals surface area contributed by atoms with Crippen molar-refractivity contribution in [1.82, 2.24) is 14.0 Å². The third-order valence-corrected chi connectivity index (χ3v) is 5.24. The first kappa shape index (κ1) is 15.1. The Morgan fingerprint density at radius 3 is 2.73 bits per heavy atom. The Morgan fingerprint density at radius 1 is 1.32 bits per heavy atom. The molecule has 0 fully saturated rings. The highest BCUT2D eigenvalue weighted by atomic mass is 32.1. The Morgan fingerprint density at radius 2 is 2.09 bits per heavy atom.